The van der Waals surface area contributed by atoms with Crippen molar-refractivity contribution in [2.75, 3.05) is 7.11 Å². The molecule has 1 atom stereocenters. The van der Waals surface area contributed by atoms with Crippen LogP contribution in [0, 0.1) is 0 Å². The minimum atomic E-state index is -0.912. The Hall–Kier alpha value is -0.586. The first-order valence-electron chi connectivity index (χ1n) is 4.42. The maximum Gasteiger partial charge on any atom is 0.163 e. The molecule has 0 amide bonds. The van der Waals surface area contributed by atoms with Gasteiger partial charge in [-0.1, -0.05) is 12.1 Å². The van der Waals surface area contributed by atoms with E-state index in [1.165, 1.54) is 5.56 Å². The molecule has 1 aromatic rings. The van der Waals surface area contributed by atoms with E-state index in [0.717, 1.165) is 22.3 Å². The molecule has 0 aliphatic rings. The highest BCUT2D eigenvalue weighted by Crippen LogP contribution is 2.12. The van der Waals surface area contributed by atoms with E-state index in [0.29, 0.717) is 0 Å². The number of ether oxygens (including phenoxy) is 1. The Bertz CT molecular complexity index is 248. The number of hydrogen-bond donors (Lipinski definition) is 0. The van der Waals surface area contributed by atoms with Gasteiger partial charge in [0.25, 0.3) is 0 Å². The third kappa shape index (κ3) is 3.34. The molecule has 0 aliphatic carbocycles. The lowest BCUT2D eigenvalue weighted by molar-refractivity contribution is 0.414. The summed E-state index contributed by atoms with van der Waals surface area (Å²) in [5.74, 6) is 0.921. The number of hydrogen-bond acceptors (Lipinski definition) is 2. The van der Waals surface area contributed by atoms with Crippen LogP contribution in [0.15, 0.2) is 24.3 Å². The van der Waals surface area contributed by atoms with E-state index < -0.39 is 9.04 Å². The summed E-state index contributed by atoms with van der Waals surface area (Å²) in [6.45, 7) is 2.23. The third-order valence-electron chi connectivity index (χ3n) is 2.08. The summed E-state index contributed by atoms with van der Waals surface area (Å²) in [5.41, 5.74) is 1.36. The van der Waals surface area contributed by atoms with Crippen LogP contribution >= 0.6 is 0 Å². The van der Waals surface area contributed by atoms with E-state index in [1.807, 2.05) is 12.1 Å². The van der Waals surface area contributed by atoms with Gasteiger partial charge in [-0.2, -0.15) is 0 Å². The van der Waals surface area contributed by atoms with Crippen LogP contribution in [-0.2, 0) is 10.2 Å². The Labute approximate surface area is 84.1 Å². The quantitative estimate of drug-likeness (QED) is 0.674. The standard InChI is InChI=1S/C9H16O2Si2/c1-10-9-5-3-8(4-6-9)7-13(2)11-12/h3-6,13H,7H2,1-2,12H3. The first kappa shape index (κ1) is 10.5. The van der Waals surface area contributed by atoms with E-state index in [4.69, 9.17) is 8.85 Å². The molecular weight excluding hydrogens is 196 g/mol. The summed E-state index contributed by atoms with van der Waals surface area (Å²) >= 11 is 0. The lowest BCUT2D eigenvalue weighted by Crippen LogP contribution is -2.15. The predicted molar refractivity (Wildman–Crippen MR) is 60.7 cm³/mol. The van der Waals surface area contributed by atoms with Crippen molar-refractivity contribution in [1.82, 2.24) is 0 Å². The molecule has 1 aromatic carbocycles. The topological polar surface area (TPSA) is 18.5 Å². The molecule has 13 heavy (non-hydrogen) atoms. The van der Waals surface area contributed by atoms with Crippen LogP contribution in [0.5, 0.6) is 5.75 Å². The van der Waals surface area contributed by atoms with Gasteiger partial charge in [0.05, 0.1) is 7.11 Å². The Morgan fingerprint density at radius 3 is 2.38 bits per heavy atom. The minimum absolute atomic E-state index is 0.870. The highest BCUT2D eigenvalue weighted by atomic mass is 28.3. The Kier molecular flexibility index (Phi) is 4.21. The molecule has 0 spiro atoms. The summed E-state index contributed by atoms with van der Waals surface area (Å²) in [7, 11) is 1.65. The fourth-order valence-corrected chi connectivity index (χ4v) is 2.78. The second-order valence-electron chi connectivity index (χ2n) is 3.10. The molecule has 0 bridgehead atoms. The zero-order valence-electron chi connectivity index (χ0n) is 8.41. The molecule has 0 radical (unpaired) electrons. The molecule has 0 aromatic heterocycles. The average Bonchev–Trinajstić information content (AvgIpc) is 2.19. The average molecular weight is 212 g/mol. The van der Waals surface area contributed by atoms with Gasteiger partial charge < -0.3 is 8.85 Å². The monoisotopic (exact) mass is 212 g/mol. The fourth-order valence-electron chi connectivity index (χ4n) is 1.18. The maximum absolute atomic E-state index is 5.46. The third-order valence-corrected chi connectivity index (χ3v) is 6.35. The van der Waals surface area contributed by atoms with Crippen LogP contribution in [0.4, 0.5) is 0 Å². The van der Waals surface area contributed by atoms with Crippen molar-refractivity contribution in [3.05, 3.63) is 29.8 Å². The molecule has 0 fully saturated rings. The van der Waals surface area contributed by atoms with Gasteiger partial charge in [-0.15, -0.1) is 0 Å². The predicted octanol–water partition coefficient (Wildman–Crippen LogP) is 0.427. The molecule has 0 saturated heterocycles. The normalized spacial score (nSPS) is 12.8. The van der Waals surface area contributed by atoms with E-state index in [9.17, 15) is 0 Å². The molecular formula is C9H16O2Si2. The van der Waals surface area contributed by atoms with Gasteiger partial charge in [-0.3, -0.25) is 0 Å². The Morgan fingerprint density at radius 2 is 1.92 bits per heavy atom. The number of benzene rings is 1. The minimum Gasteiger partial charge on any atom is -0.497 e. The second-order valence-corrected chi connectivity index (χ2v) is 7.01. The van der Waals surface area contributed by atoms with Crippen LogP contribution in [0.25, 0.3) is 0 Å². The number of methoxy groups -OCH3 is 1. The molecule has 1 rings (SSSR count). The molecule has 1 unspecified atom stereocenters. The zero-order chi connectivity index (χ0) is 9.68. The van der Waals surface area contributed by atoms with Gasteiger partial charge in [0.1, 0.15) is 16.2 Å². The van der Waals surface area contributed by atoms with Crippen molar-refractivity contribution in [3.8, 4) is 5.75 Å². The highest BCUT2D eigenvalue weighted by Gasteiger charge is 2.03. The summed E-state index contributed by atoms with van der Waals surface area (Å²) in [4.78, 5) is 0. The smallest absolute Gasteiger partial charge is 0.163 e. The lowest BCUT2D eigenvalue weighted by atomic mass is 10.2. The van der Waals surface area contributed by atoms with Crippen LogP contribution in [0.2, 0.25) is 6.55 Å². The van der Waals surface area contributed by atoms with E-state index >= 15 is 0 Å². The lowest BCUT2D eigenvalue weighted by Gasteiger charge is -2.08. The van der Waals surface area contributed by atoms with Gasteiger partial charge >= 0.3 is 0 Å². The summed E-state index contributed by atoms with van der Waals surface area (Å²) in [5, 5.41) is 0. The van der Waals surface area contributed by atoms with Crippen molar-refractivity contribution < 1.29 is 8.85 Å². The SMILES string of the molecule is COc1ccc(C[SiH](C)O[SiH3])cc1. The highest BCUT2D eigenvalue weighted by molar-refractivity contribution is 6.53. The van der Waals surface area contributed by atoms with Gasteiger partial charge in [0, 0.05) is 0 Å². The summed E-state index contributed by atoms with van der Waals surface area (Å²) in [6, 6.07) is 9.35. The molecule has 0 saturated carbocycles. The van der Waals surface area contributed by atoms with Gasteiger partial charge in [-0.25, -0.2) is 0 Å². The molecule has 72 valence electrons. The van der Waals surface area contributed by atoms with Gasteiger partial charge in [-0.05, 0) is 30.3 Å². The van der Waals surface area contributed by atoms with E-state index in [1.54, 1.807) is 7.11 Å². The van der Waals surface area contributed by atoms with Crippen molar-refractivity contribution in [2.45, 2.75) is 12.6 Å². The molecule has 0 heterocycles. The fraction of sp³-hybridized carbons (Fsp3) is 0.333. The van der Waals surface area contributed by atoms with Crippen molar-refractivity contribution in [1.29, 1.82) is 0 Å². The van der Waals surface area contributed by atoms with E-state index in [-0.39, 0.29) is 0 Å². The van der Waals surface area contributed by atoms with Crippen LogP contribution in [-0.4, -0.2) is 26.6 Å². The maximum atomic E-state index is 5.46. The first-order valence-corrected chi connectivity index (χ1v) is 7.68. The molecule has 0 aliphatic heterocycles. The van der Waals surface area contributed by atoms with Crippen LogP contribution < -0.4 is 4.74 Å². The van der Waals surface area contributed by atoms with E-state index in [2.05, 4.69) is 18.7 Å². The number of rotatable bonds is 4. The van der Waals surface area contributed by atoms with Crippen molar-refractivity contribution >= 4 is 19.5 Å². The first-order chi connectivity index (χ1) is 6.26. The van der Waals surface area contributed by atoms with Crippen LogP contribution in [0.1, 0.15) is 5.56 Å². The molecule has 2 nitrogen and oxygen atoms in total. The van der Waals surface area contributed by atoms with Crippen molar-refractivity contribution in [3.63, 3.8) is 0 Å². The van der Waals surface area contributed by atoms with Gasteiger partial charge in [0.15, 0.2) is 9.04 Å². The summed E-state index contributed by atoms with van der Waals surface area (Å²) < 4.78 is 10.5. The Morgan fingerprint density at radius 1 is 1.31 bits per heavy atom. The van der Waals surface area contributed by atoms with Crippen LogP contribution in [0.3, 0.4) is 0 Å². The second kappa shape index (κ2) is 5.21. The summed E-state index contributed by atoms with van der Waals surface area (Å²) in [6.07, 6.45) is 0. The molecule has 0 N–H and O–H groups in total. The molecule has 4 heteroatoms. The van der Waals surface area contributed by atoms with Crippen molar-refractivity contribution in [2.24, 2.45) is 0 Å². The largest absolute Gasteiger partial charge is 0.497 e. The van der Waals surface area contributed by atoms with Gasteiger partial charge in [0.2, 0.25) is 0 Å². The zero-order valence-corrected chi connectivity index (χ0v) is 11.6. The Balaban J connectivity index is 2.58.